The molecular weight excluding hydrogens is 186 g/mol. The van der Waals surface area contributed by atoms with Crippen LogP contribution in [0.4, 0.5) is 0 Å². The van der Waals surface area contributed by atoms with E-state index in [1.54, 1.807) is 0 Å². The third kappa shape index (κ3) is 2.32. The Labute approximate surface area is 91.4 Å². The van der Waals surface area contributed by atoms with Gasteiger partial charge in [0.05, 0.1) is 5.54 Å². The van der Waals surface area contributed by atoms with Crippen LogP contribution in [0.3, 0.4) is 0 Å². The maximum atomic E-state index is 6.35. The third-order valence-electron chi connectivity index (χ3n) is 2.85. The molecule has 0 bridgehead atoms. The Bertz CT molecular complexity index is 348. The first kappa shape index (κ1) is 10.5. The van der Waals surface area contributed by atoms with Crippen LogP contribution in [0.1, 0.15) is 25.8 Å². The molecule has 0 aromatic heterocycles. The van der Waals surface area contributed by atoms with Gasteiger partial charge in [0.15, 0.2) is 0 Å². The standard InChI is InChI=1S/C13H19NO/c1-10(2)7-13(14)8-11-5-3-4-6-12(11)15-9-13/h3-6,10H,7-9,14H2,1-2H3. The second-order valence-corrected chi connectivity index (χ2v) is 5.03. The topological polar surface area (TPSA) is 35.2 Å². The number of para-hydroxylation sites is 1. The van der Waals surface area contributed by atoms with Crippen molar-refractivity contribution in [3.8, 4) is 5.75 Å². The Morgan fingerprint density at radius 2 is 2.13 bits per heavy atom. The van der Waals surface area contributed by atoms with Crippen LogP contribution in [-0.2, 0) is 6.42 Å². The molecule has 0 radical (unpaired) electrons. The zero-order valence-electron chi connectivity index (χ0n) is 9.49. The summed E-state index contributed by atoms with van der Waals surface area (Å²) in [5.74, 6) is 1.62. The normalized spacial score (nSPS) is 24.8. The van der Waals surface area contributed by atoms with Crippen LogP contribution in [0.15, 0.2) is 24.3 Å². The average molecular weight is 205 g/mol. The molecule has 0 saturated heterocycles. The second kappa shape index (κ2) is 3.86. The summed E-state index contributed by atoms with van der Waals surface area (Å²) in [4.78, 5) is 0. The first-order valence-corrected chi connectivity index (χ1v) is 5.59. The number of nitrogens with two attached hydrogens (primary N) is 1. The van der Waals surface area contributed by atoms with Gasteiger partial charge in [0.2, 0.25) is 0 Å². The molecule has 2 N–H and O–H groups in total. The molecule has 1 unspecified atom stereocenters. The highest BCUT2D eigenvalue weighted by Crippen LogP contribution is 2.30. The summed E-state index contributed by atoms with van der Waals surface area (Å²) in [6, 6.07) is 8.18. The van der Waals surface area contributed by atoms with Gasteiger partial charge in [-0.15, -0.1) is 0 Å². The summed E-state index contributed by atoms with van der Waals surface area (Å²) in [6.07, 6.45) is 1.95. The molecule has 1 aromatic carbocycles. The van der Waals surface area contributed by atoms with Crippen LogP contribution < -0.4 is 10.5 Å². The van der Waals surface area contributed by atoms with Crippen LogP contribution in [-0.4, -0.2) is 12.1 Å². The fourth-order valence-corrected chi connectivity index (χ4v) is 2.39. The van der Waals surface area contributed by atoms with Gasteiger partial charge in [0.1, 0.15) is 12.4 Å². The monoisotopic (exact) mass is 205 g/mol. The van der Waals surface area contributed by atoms with Gasteiger partial charge in [0.25, 0.3) is 0 Å². The van der Waals surface area contributed by atoms with Crippen molar-refractivity contribution in [2.24, 2.45) is 11.7 Å². The fourth-order valence-electron chi connectivity index (χ4n) is 2.39. The molecule has 2 nitrogen and oxygen atoms in total. The van der Waals surface area contributed by atoms with E-state index in [2.05, 4.69) is 19.9 Å². The molecule has 0 amide bonds. The molecule has 2 rings (SSSR count). The first-order chi connectivity index (χ1) is 7.09. The van der Waals surface area contributed by atoms with Crippen molar-refractivity contribution in [3.63, 3.8) is 0 Å². The minimum Gasteiger partial charge on any atom is -0.491 e. The van der Waals surface area contributed by atoms with E-state index in [-0.39, 0.29) is 5.54 Å². The van der Waals surface area contributed by atoms with Gasteiger partial charge in [-0.05, 0) is 30.4 Å². The maximum absolute atomic E-state index is 6.35. The summed E-state index contributed by atoms with van der Waals surface area (Å²) in [7, 11) is 0. The smallest absolute Gasteiger partial charge is 0.122 e. The molecule has 1 aromatic rings. The lowest BCUT2D eigenvalue weighted by molar-refractivity contribution is 0.168. The number of hydrogen-bond donors (Lipinski definition) is 1. The highest BCUT2D eigenvalue weighted by molar-refractivity contribution is 5.36. The van der Waals surface area contributed by atoms with E-state index < -0.39 is 0 Å². The molecule has 1 aliphatic heterocycles. The lowest BCUT2D eigenvalue weighted by Gasteiger charge is -2.35. The minimum absolute atomic E-state index is 0.178. The van der Waals surface area contributed by atoms with Gasteiger partial charge in [-0.25, -0.2) is 0 Å². The second-order valence-electron chi connectivity index (χ2n) is 5.03. The number of fused-ring (bicyclic) bond motifs is 1. The number of ether oxygens (including phenoxy) is 1. The SMILES string of the molecule is CC(C)CC1(N)COc2ccccc2C1. The first-order valence-electron chi connectivity index (χ1n) is 5.59. The van der Waals surface area contributed by atoms with Crippen molar-refractivity contribution in [1.29, 1.82) is 0 Å². The summed E-state index contributed by atoms with van der Waals surface area (Å²) >= 11 is 0. The molecule has 82 valence electrons. The average Bonchev–Trinajstić information content (AvgIpc) is 2.15. The summed E-state index contributed by atoms with van der Waals surface area (Å²) in [5.41, 5.74) is 7.41. The predicted molar refractivity (Wildman–Crippen MR) is 62.0 cm³/mol. The van der Waals surface area contributed by atoms with Crippen molar-refractivity contribution in [3.05, 3.63) is 29.8 Å². The Morgan fingerprint density at radius 1 is 1.40 bits per heavy atom. The van der Waals surface area contributed by atoms with Crippen LogP contribution in [0.5, 0.6) is 5.75 Å². The van der Waals surface area contributed by atoms with Crippen LogP contribution in [0.25, 0.3) is 0 Å². The highest BCUT2D eigenvalue weighted by atomic mass is 16.5. The molecule has 1 atom stereocenters. The molecule has 0 saturated carbocycles. The zero-order chi connectivity index (χ0) is 10.9. The summed E-state index contributed by atoms with van der Waals surface area (Å²) in [6.45, 7) is 5.05. The minimum atomic E-state index is -0.178. The molecule has 1 heterocycles. The van der Waals surface area contributed by atoms with E-state index in [9.17, 15) is 0 Å². The van der Waals surface area contributed by atoms with Crippen LogP contribution in [0.2, 0.25) is 0 Å². The van der Waals surface area contributed by atoms with Crippen LogP contribution in [0, 0.1) is 5.92 Å². The lowest BCUT2D eigenvalue weighted by Crippen LogP contribution is -2.50. The Morgan fingerprint density at radius 3 is 2.87 bits per heavy atom. The van der Waals surface area contributed by atoms with Crippen molar-refractivity contribution in [2.75, 3.05) is 6.61 Å². The summed E-state index contributed by atoms with van der Waals surface area (Å²) < 4.78 is 5.71. The highest BCUT2D eigenvalue weighted by Gasteiger charge is 2.32. The number of benzene rings is 1. The molecule has 15 heavy (non-hydrogen) atoms. The van der Waals surface area contributed by atoms with Gasteiger partial charge in [-0.1, -0.05) is 32.0 Å². The number of rotatable bonds is 2. The van der Waals surface area contributed by atoms with Crippen LogP contribution >= 0.6 is 0 Å². The van der Waals surface area contributed by atoms with E-state index in [1.165, 1.54) is 5.56 Å². The van der Waals surface area contributed by atoms with Gasteiger partial charge in [0, 0.05) is 0 Å². The fraction of sp³-hybridized carbons (Fsp3) is 0.538. The quantitative estimate of drug-likeness (QED) is 0.804. The van der Waals surface area contributed by atoms with Crippen molar-refractivity contribution < 1.29 is 4.74 Å². The van der Waals surface area contributed by atoms with Gasteiger partial charge in [-0.2, -0.15) is 0 Å². The van der Waals surface area contributed by atoms with E-state index in [0.29, 0.717) is 12.5 Å². The molecule has 0 aliphatic carbocycles. The third-order valence-corrected chi connectivity index (χ3v) is 2.85. The Kier molecular flexibility index (Phi) is 2.70. The largest absolute Gasteiger partial charge is 0.491 e. The molecular formula is C13H19NO. The van der Waals surface area contributed by atoms with E-state index in [0.717, 1.165) is 18.6 Å². The lowest BCUT2D eigenvalue weighted by atomic mass is 9.83. The molecule has 2 heteroatoms. The molecule has 0 spiro atoms. The molecule has 1 aliphatic rings. The maximum Gasteiger partial charge on any atom is 0.122 e. The predicted octanol–water partition coefficient (Wildman–Crippen LogP) is 2.37. The Hall–Kier alpha value is -1.02. The van der Waals surface area contributed by atoms with Gasteiger partial charge < -0.3 is 10.5 Å². The summed E-state index contributed by atoms with van der Waals surface area (Å²) in [5, 5.41) is 0. The number of hydrogen-bond acceptors (Lipinski definition) is 2. The molecule has 0 fully saturated rings. The van der Waals surface area contributed by atoms with Gasteiger partial charge in [-0.3, -0.25) is 0 Å². The van der Waals surface area contributed by atoms with Crippen molar-refractivity contribution in [1.82, 2.24) is 0 Å². The Balaban J connectivity index is 2.17. The van der Waals surface area contributed by atoms with Crippen molar-refractivity contribution in [2.45, 2.75) is 32.2 Å². The zero-order valence-corrected chi connectivity index (χ0v) is 9.49. The van der Waals surface area contributed by atoms with E-state index in [1.807, 2.05) is 18.2 Å². The van der Waals surface area contributed by atoms with Gasteiger partial charge >= 0.3 is 0 Å². The van der Waals surface area contributed by atoms with E-state index in [4.69, 9.17) is 10.5 Å². The van der Waals surface area contributed by atoms with E-state index >= 15 is 0 Å². The van der Waals surface area contributed by atoms with Crippen molar-refractivity contribution >= 4 is 0 Å².